The average molecular weight is 350 g/mol. The van der Waals surface area contributed by atoms with Gasteiger partial charge in [-0.1, -0.05) is 42.5 Å². The van der Waals surface area contributed by atoms with Gasteiger partial charge in [0, 0.05) is 6.54 Å². The van der Waals surface area contributed by atoms with Crippen LogP contribution in [0.25, 0.3) is 10.8 Å². The van der Waals surface area contributed by atoms with Crippen LogP contribution in [0.15, 0.2) is 71.6 Å². The van der Waals surface area contributed by atoms with Crippen LogP contribution in [0.3, 0.4) is 0 Å². The number of benzene rings is 3. The van der Waals surface area contributed by atoms with Gasteiger partial charge in [-0.3, -0.25) is 4.31 Å². The number of rotatable bonds is 5. The molecule has 0 amide bonds. The van der Waals surface area contributed by atoms with E-state index in [9.17, 15) is 8.42 Å². The maximum Gasteiger partial charge on any atom is 0.264 e. The van der Waals surface area contributed by atoms with Gasteiger partial charge in [-0.2, -0.15) is 5.26 Å². The minimum absolute atomic E-state index is 0.272. The molecule has 25 heavy (non-hydrogen) atoms. The number of nitriles is 1. The lowest BCUT2D eigenvalue weighted by Gasteiger charge is -2.23. The van der Waals surface area contributed by atoms with Gasteiger partial charge in [-0.25, -0.2) is 8.42 Å². The second kappa shape index (κ2) is 6.96. The summed E-state index contributed by atoms with van der Waals surface area (Å²) >= 11 is 0. The largest absolute Gasteiger partial charge is 0.267 e. The Balaban J connectivity index is 2.01. The highest BCUT2D eigenvalue weighted by atomic mass is 32.2. The van der Waals surface area contributed by atoms with Crippen molar-refractivity contribution in [1.29, 1.82) is 5.26 Å². The van der Waals surface area contributed by atoms with E-state index in [1.54, 1.807) is 36.4 Å². The lowest BCUT2D eigenvalue weighted by atomic mass is 10.1. The monoisotopic (exact) mass is 350 g/mol. The first-order valence-electron chi connectivity index (χ1n) is 8.03. The Morgan fingerprint density at radius 3 is 2.28 bits per heavy atom. The molecule has 0 heterocycles. The highest BCUT2D eigenvalue weighted by Gasteiger charge is 2.23. The molecule has 0 N–H and O–H groups in total. The SMILES string of the molecule is CCN(c1ccc(CC#N)cc1)S(=O)(=O)c1ccc2ccccc2c1. The maximum absolute atomic E-state index is 13.1. The topological polar surface area (TPSA) is 61.2 Å². The quantitative estimate of drug-likeness (QED) is 0.695. The second-order valence-corrected chi connectivity index (χ2v) is 7.54. The van der Waals surface area contributed by atoms with Crippen LogP contribution >= 0.6 is 0 Å². The van der Waals surface area contributed by atoms with Crippen LogP contribution in [0.1, 0.15) is 12.5 Å². The zero-order valence-corrected chi connectivity index (χ0v) is 14.7. The highest BCUT2D eigenvalue weighted by molar-refractivity contribution is 7.92. The van der Waals surface area contributed by atoms with Crippen LogP contribution in [-0.2, 0) is 16.4 Å². The fraction of sp³-hybridized carbons (Fsp3) is 0.150. The summed E-state index contributed by atoms with van der Waals surface area (Å²) in [6, 6.07) is 22.0. The summed E-state index contributed by atoms with van der Waals surface area (Å²) in [6.45, 7) is 2.13. The van der Waals surface area contributed by atoms with Crippen LogP contribution in [0, 0.1) is 11.3 Å². The third-order valence-corrected chi connectivity index (χ3v) is 6.00. The van der Waals surface area contributed by atoms with Gasteiger partial charge in [0.05, 0.1) is 23.1 Å². The maximum atomic E-state index is 13.1. The number of anilines is 1. The molecular weight excluding hydrogens is 332 g/mol. The zero-order chi connectivity index (χ0) is 17.9. The Morgan fingerprint density at radius 2 is 1.64 bits per heavy atom. The van der Waals surface area contributed by atoms with Crippen molar-refractivity contribution in [1.82, 2.24) is 0 Å². The van der Waals surface area contributed by atoms with Crippen molar-refractivity contribution in [2.75, 3.05) is 10.8 Å². The minimum atomic E-state index is -3.65. The van der Waals surface area contributed by atoms with E-state index in [1.165, 1.54) is 4.31 Å². The van der Waals surface area contributed by atoms with E-state index in [-0.39, 0.29) is 4.90 Å². The summed E-state index contributed by atoms with van der Waals surface area (Å²) in [4.78, 5) is 0.272. The molecule has 0 aliphatic carbocycles. The molecule has 0 aromatic heterocycles. The second-order valence-electron chi connectivity index (χ2n) is 5.68. The van der Waals surface area contributed by atoms with Gasteiger partial charge in [0.25, 0.3) is 10.0 Å². The van der Waals surface area contributed by atoms with Crippen molar-refractivity contribution in [2.24, 2.45) is 0 Å². The molecule has 3 aromatic rings. The molecule has 0 spiro atoms. The van der Waals surface area contributed by atoms with Gasteiger partial charge < -0.3 is 0 Å². The van der Waals surface area contributed by atoms with Crippen molar-refractivity contribution in [3.05, 3.63) is 72.3 Å². The molecule has 0 saturated carbocycles. The molecule has 0 aliphatic heterocycles. The van der Waals surface area contributed by atoms with Crippen LogP contribution in [0.5, 0.6) is 0 Å². The van der Waals surface area contributed by atoms with Gasteiger partial charge in [-0.15, -0.1) is 0 Å². The van der Waals surface area contributed by atoms with Crippen LogP contribution < -0.4 is 4.31 Å². The summed E-state index contributed by atoms with van der Waals surface area (Å²) in [5, 5.41) is 10.7. The first kappa shape index (κ1) is 17.0. The summed E-state index contributed by atoms with van der Waals surface area (Å²) in [5.74, 6) is 0. The van der Waals surface area contributed by atoms with Crippen LogP contribution in [0.4, 0.5) is 5.69 Å². The van der Waals surface area contributed by atoms with E-state index in [1.807, 2.05) is 37.3 Å². The van der Waals surface area contributed by atoms with Crippen molar-refractivity contribution in [3.8, 4) is 6.07 Å². The predicted octanol–water partition coefficient (Wildman–Crippen LogP) is 4.12. The Labute approximate surface area is 148 Å². The normalized spacial score (nSPS) is 11.2. The van der Waals surface area contributed by atoms with Gasteiger partial charge in [-0.05, 0) is 47.5 Å². The van der Waals surface area contributed by atoms with Gasteiger partial charge in [0.1, 0.15) is 0 Å². The van der Waals surface area contributed by atoms with E-state index in [4.69, 9.17) is 5.26 Å². The smallest absolute Gasteiger partial charge is 0.264 e. The van der Waals surface area contributed by atoms with E-state index < -0.39 is 10.0 Å². The number of nitrogens with zero attached hydrogens (tertiary/aromatic N) is 2. The molecule has 0 bridgehead atoms. The Morgan fingerprint density at radius 1 is 0.960 bits per heavy atom. The van der Waals surface area contributed by atoms with Gasteiger partial charge in [0.2, 0.25) is 0 Å². The Hall–Kier alpha value is -2.84. The van der Waals surface area contributed by atoms with Crippen LogP contribution in [-0.4, -0.2) is 15.0 Å². The van der Waals surface area contributed by atoms with E-state index in [2.05, 4.69) is 6.07 Å². The number of hydrogen-bond donors (Lipinski definition) is 0. The van der Waals surface area contributed by atoms with Crippen molar-refractivity contribution in [3.63, 3.8) is 0 Å². The molecule has 0 saturated heterocycles. The molecule has 4 nitrogen and oxygen atoms in total. The third-order valence-electron chi connectivity index (χ3n) is 4.10. The summed E-state index contributed by atoms with van der Waals surface area (Å²) < 4.78 is 27.6. The Kier molecular flexibility index (Phi) is 4.73. The third kappa shape index (κ3) is 3.35. The van der Waals surface area contributed by atoms with E-state index in [0.717, 1.165) is 16.3 Å². The van der Waals surface area contributed by atoms with Crippen LogP contribution in [0.2, 0.25) is 0 Å². The Bertz CT molecular complexity index is 1040. The molecule has 0 aliphatic rings. The standard InChI is InChI=1S/C20H18N2O2S/c1-2-22(19-10-7-16(8-11-19)13-14-21)25(23,24)20-12-9-17-5-3-4-6-18(17)15-20/h3-12,15H,2,13H2,1H3. The zero-order valence-electron chi connectivity index (χ0n) is 13.9. The summed E-state index contributed by atoms with van der Waals surface area (Å²) in [7, 11) is -3.65. The van der Waals surface area contributed by atoms with Gasteiger partial charge in [0.15, 0.2) is 0 Å². The molecule has 3 aromatic carbocycles. The first-order chi connectivity index (χ1) is 12.1. The van der Waals surface area contributed by atoms with Crippen molar-refractivity contribution < 1.29 is 8.42 Å². The molecule has 0 radical (unpaired) electrons. The van der Waals surface area contributed by atoms with Gasteiger partial charge >= 0.3 is 0 Å². The molecule has 0 atom stereocenters. The van der Waals surface area contributed by atoms with E-state index >= 15 is 0 Å². The number of sulfonamides is 1. The number of hydrogen-bond acceptors (Lipinski definition) is 3. The van der Waals surface area contributed by atoms with Crippen molar-refractivity contribution in [2.45, 2.75) is 18.2 Å². The van der Waals surface area contributed by atoms with Crippen molar-refractivity contribution >= 4 is 26.5 Å². The molecular formula is C20H18N2O2S. The lowest BCUT2D eigenvalue weighted by molar-refractivity contribution is 0.592. The first-order valence-corrected chi connectivity index (χ1v) is 9.47. The highest BCUT2D eigenvalue weighted by Crippen LogP contribution is 2.26. The average Bonchev–Trinajstić information content (AvgIpc) is 2.63. The molecule has 0 fully saturated rings. The molecule has 126 valence electrons. The molecule has 0 unspecified atom stereocenters. The predicted molar refractivity (Wildman–Crippen MR) is 99.9 cm³/mol. The fourth-order valence-electron chi connectivity index (χ4n) is 2.82. The number of fused-ring (bicyclic) bond motifs is 1. The fourth-order valence-corrected chi connectivity index (χ4v) is 4.33. The summed E-state index contributed by atoms with van der Waals surface area (Å²) in [6.07, 6.45) is 0.309. The molecule has 3 rings (SSSR count). The minimum Gasteiger partial charge on any atom is -0.267 e. The molecule has 5 heteroatoms. The summed E-state index contributed by atoms with van der Waals surface area (Å²) in [5.41, 5.74) is 1.46. The lowest BCUT2D eigenvalue weighted by Crippen LogP contribution is -2.30. The van der Waals surface area contributed by atoms with E-state index in [0.29, 0.717) is 18.7 Å².